The average molecular weight is 320 g/mol. The van der Waals surface area contributed by atoms with E-state index in [4.69, 9.17) is 9.47 Å². The Morgan fingerprint density at radius 3 is 1.83 bits per heavy atom. The summed E-state index contributed by atoms with van der Waals surface area (Å²) in [5.74, 6) is -0.505. The molecule has 0 amide bonds. The number of rotatable bonds is 4. The average Bonchev–Trinajstić information content (AvgIpc) is 2.41. The van der Waals surface area contributed by atoms with Gasteiger partial charge in [0.05, 0.1) is 10.8 Å². The fourth-order valence-electron chi connectivity index (χ4n) is 1.82. The van der Waals surface area contributed by atoms with Crippen LogP contribution in [0.1, 0.15) is 58.2 Å². The maximum atomic E-state index is 12.0. The molecular weight excluding hydrogens is 292 g/mol. The van der Waals surface area contributed by atoms with Gasteiger partial charge in [-0.3, -0.25) is 9.59 Å². The van der Waals surface area contributed by atoms with Crippen molar-refractivity contribution in [1.29, 1.82) is 0 Å². The Balaban J connectivity index is 2.84. The van der Waals surface area contributed by atoms with Crippen LogP contribution in [0.15, 0.2) is 18.2 Å². The van der Waals surface area contributed by atoms with Crippen molar-refractivity contribution >= 4 is 11.9 Å². The summed E-state index contributed by atoms with van der Waals surface area (Å²) >= 11 is 0. The lowest BCUT2D eigenvalue weighted by Gasteiger charge is -2.20. The molecule has 0 N–H and O–H groups in total. The number of hydrogen-bond donors (Lipinski definition) is 0. The van der Waals surface area contributed by atoms with Gasteiger partial charge in [-0.05, 0) is 65.2 Å². The SMILES string of the molecule is Cc1cccc(COC(=O)C(C)(C)C)c1COC(=O)C(C)(C)C. The molecule has 0 radical (unpaired) electrons. The molecule has 0 saturated carbocycles. The van der Waals surface area contributed by atoms with Crippen molar-refractivity contribution in [3.05, 3.63) is 34.9 Å². The maximum absolute atomic E-state index is 12.0. The number of esters is 2. The lowest BCUT2D eigenvalue weighted by molar-refractivity contribution is -0.155. The molecule has 4 heteroatoms. The third kappa shape index (κ3) is 5.70. The molecule has 0 heterocycles. The van der Waals surface area contributed by atoms with Gasteiger partial charge in [-0.25, -0.2) is 0 Å². The van der Waals surface area contributed by atoms with Gasteiger partial charge in [0, 0.05) is 0 Å². The first kappa shape index (κ1) is 19.2. The van der Waals surface area contributed by atoms with Crippen LogP contribution in [0.4, 0.5) is 0 Å². The Bertz CT molecular complexity index is 574. The Hall–Kier alpha value is -1.84. The topological polar surface area (TPSA) is 52.6 Å². The van der Waals surface area contributed by atoms with E-state index in [2.05, 4.69) is 0 Å². The molecule has 1 aromatic carbocycles. The quantitative estimate of drug-likeness (QED) is 0.781. The monoisotopic (exact) mass is 320 g/mol. The van der Waals surface area contributed by atoms with Crippen LogP contribution in [0.25, 0.3) is 0 Å². The van der Waals surface area contributed by atoms with E-state index in [0.29, 0.717) is 0 Å². The largest absolute Gasteiger partial charge is 0.460 e. The second kappa shape index (κ2) is 7.16. The molecule has 128 valence electrons. The number of carbonyl (C=O) groups excluding carboxylic acids is 2. The predicted octanol–water partition coefficient (Wildman–Crippen LogP) is 4.17. The Labute approximate surface area is 139 Å². The molecule has 0 aliphatic heterocycles. The minimum absolute atomic E-state index is 0.181. The Morgan fingerprint density at radius 2 is 1.35 bits per heavy atom. The van der Waals surface area contributed by atoms with Crippen molar-refractivity contribution in [3.8, 4) is 0 Å². The molecule has 0 unspecified atom stereocenters. The van der Waals surface area contributed by atoms with Gasteiger partial charge in [-0.1, -0.05) is 18.2 Å². The summed E-state index contributed by atoms with van der Waals surface area (Å²) in [6.45, 7) is 13.2. The summed E-state index contributed by atoms with van der Waals surface area (Å²) in [5.41, 5.74) is 1.69. The van der Waals surface area contributed by atoms with Crippen LogP contribution in [-0.2, 0) is 32.3 Å². The molecule has 0 saturated heterocycles. The van der Waals surface area contributed by atoms with Gasteiger partial charge in [0.2, 0.25) is 0 Å². The summed E-state index contributed by atoms with van der Waals surface area (Å²) in [7, 11) is 0. The molecule has 23 heavy (non-hydrogen) atoms. The number of hydrogen-bond acceptors (Lipinski definition) is 4. The van der Waals surface area contributed by atoms with Crippen molar-refractivity contribution < 1.29 is 19.1 Å². The van der Waals surface area contributed by atoms with E-state index in [1.807, 2.05) is 66.7 Å². The van der Waals surface area contributed by atoms with Crippen molar-refractivity contribution in [2.24, 2.45) is 10.8 Å². The van der Waals surface area contributed by atoms with E-state index in [1.54, 1.807) is 0 Å². The first-order valence-electron chi connectivity index (χ1n) is 7.84. The molecule has 1 aromatic rings. The van der Waals surface area contributed by atoms with Crippen LogP contribution >= 0.6 is 0 Å². The zero-order valence-corrected chi connectivity index (χ0v) is 15.3. The Morgan fingerprint density at radius 1 is 0.870 bits per heavy atom. The number of benzene rings is 1. The van der Waals surface area contributed by atoms with Crippen molar-refractivity contribution in [3.63, 3.8) is 0 Å². The predicted molar refractivity (Wildman–Crippen MR) is 89.7 cm³/mol. The summed E-state index contributed by atoms with van der Waals surface area (Å²) in [5, 5.41) is 0. The lowest BCUT2D eigenvalue weighted by atomic mass is 9.97. The van der Waals surface area contributed by atoms with Crippen LogP contribution < -0.4 is 0 Å². The highest BCUT2D eigenvalue weighted by molar-refractivity contribution is 5.76. The molecule has 0 aliphatic rings. The van der Waals surface area contributed by atoms with Gasteiger partial charge in [-0.15, -0.1) is 0 Å². The first-order chi connectivity index (χ1) is 10.4. The molecule has 0 aromatic heterocycles. The van der Waals surface area contributed by atoms with Crippen molar-refractivity contribution in [2.75, 3.05) is 0 Å². The normalized spacial score (nSPS) is 12.0. The van der Waals surface area contributed by atoms with Gasteiger partial charge in [-0.2, -0.15) is 0 Å². The standard InChI is InChI=1S/C19H28O4/c1-13-9-8-10-14(11-22-16(20)18(2,3)4)15(13)12-23-17(21)19(5,6)7/h8-10H,11-12H2,1-7H3. The van der Waals surface area contributed by atoms with E-state index in [9.17, 15) is 9.59 Å². The van der Waals surface area contributed by atoms with E-state index in [0.717, 1.165) is 16.7 Å². The van der Waals surface area contributed by atoms with E-state index >= 15 is 0 Å². The molecule has 4 nitrogen and oxygen atoms in total. The van der Waals surface area contributed by atoms with Gasteiger partial charge >= 0.3 is 11.9 Å². The minimum atomic E-state index is -0.540. The first-order valence-corrected chi connectivity index (χ1v) is 7.84. The van der Waals surface area contributed by atoms with E-state index < -0.39 is 10.8 Å². The molecule has 0 spiro atoms. The molecule has 0 atom stereocenters. The summed E-state index contributed by atoms with van der Waals surface area (Å²) in [6, 6.07) is 5.75. The molecule has 1 rings (SSSR count). The van der Waals surface area contributed by atoms with Crippen molar-refractivity contribution in [2.45, 2.75) is 61.7 Å². The molecule has 0 bridgehead atoms. The Kier molecular flexibility index (Phi) is 5.98. The number of ether oxygens (including phenoxy) is 2. The highest BCUT2D eigenvalue weighted by Crippen LogP contribution is 2.22. The van der Waals surface area contributed by atoms with Gasteiger partial charge in [0.15, 0.2) is 0 Å². The fraction of sp³-hybridized carbons (Fsp3) is 0.579. The molecule has 0 aliphatic carbocycles. The van der Waals surface area contributed by atoms with Gasteiger partial charge in [0.25, 0.3) is 0 Å². The zero-order chi connectivity index (χ0) is 17.8. The van der Waals surface area contributed by atoms with Crippen LogP contribution in [0, 0.1) is 17.8 Å². The summed E-state index contributed by atoms with van der Waals surface area (Å²) < 4.78 is 10.8. The van der Waals surface area contributed by atoms with Crippen LogP contribution in [0.3, 0.4) is 0 Å². The molecule has 0 fully saturated rings. The number of aryl methyl sites for hydroxylation is 1. The van der Waals surface area contributed by atoms with E-state index in [1.165, 1.54) is 0 Å². The van der Waals surface area contributed by atoms with Crippen LogP contribution in [-0.4, -0.2) is 11.9 Å². The smallest absolute Gasteiger partial charge is 0.311 e. The zero-order valence-electron chi connectivity index (χ0n) is 15.3. The second-order valence-electron chi connectivity index (χ2n) is 7.86. The van der Waals surface area contributed by atoms with Gasteiger partial charge in [0.1, 0.15) is 13.2 Å². The minimum Gasteiger partial charge on any atom is -0.460 e. The fourth-order valence-corrected chi connectivity index (χ4v) is 1.82. The summed E-state index contributed by atoms with van der Waals surface area (Å²) in [4.78, 5) is 23.9. The maximum Gasteiger partial charge on any atom is 0.311 e. The van der Waals surface area contributed by atoms with Crippen molar-refractivity contribution in [1.82, 2.24) is 0 Å². The third-order valence-corrected chi connectivity index (χ3v) is 3.44. The van der Waals surface area contributed by atoms with Crippen LogP contribution in [0.2, 0.25) is 0 Å². The van der Waals surface area contributed by atoms with Gasteiger partial charge < -0.3 is 9.47 Å². The van der Waals surface area contributed by atoms with Crippen LogP contribution in [0.5, 0.6) is 0 Å². The highest BCUT2D eigenvalue weighted by Gasteiger charge is 2.25. The van der Waals surface area contributed by atoms with E-state index in [-0.39, 0.29) is 25.2 Å². The molecular formula is C19H28O4. The third-order valence-electron chi connectivity index (χ3n) is 3.44. The summed E-state index contributed by atoms with van der Waals surface area (Å²) in [6.07, 6.45) is 0. The number of carbonyl (C=O) groups is 2. The lowest BCUT2D eigenvalue weighted by Crippen LogP contribution is -2.24. The second-order valence-corrected chi connectivity index (χ2v) is 7.86. The highest BCUT2D eigenvalue weighted by atomic mass is 16.5.